The highest BCUT2D eigenvalue weighted by atomic mass is 32.1. The third kappa shape index (κ3) is 5.34. The molecule has 3 aromatic rings. The van der Waals surface area contributed by atoms with Crippen LogP contribution in [0.1, 0.15) is 49.4 Å². The number of aliphatic hydroxyl groups is 1. The molecule has 8 nitrogen and oxygen atoms in total. The molecule has 0 spiro atoms. The van der Waals surface area contributed by atoms with Gasteiger partial charge in [-0.05, 0) is 43.7 Å². The molecule has 0 aromatic carbocycles. The number of alkyl halides is 3. The summed E-state index contributed by atoms with van der Waals surface area (Å²) in [5.41, 5.74) is -1.95. The van der Waals surface area contributed by atoms with E-state index in [9.17, 15) is 23.1 Å². The predicted octanol–water partition coefficient (Wildman–Crippen LogP) is 5.25. The first-order chi connectivity index (χ1) is 16.8. The van der Waals surface area contributed by atoms with E-state index < -0.39 is 22.8 Å². The molecule has 1 aliphatic rings. The van der Waals surface area contributed by atoms with Crippen molar-refractivity contribution in [1.29, 1.82) is 0 Å². The lowest BCUT2D eigenvalue weighted by molar-refractivity contribution is -0.157. The third-order valence-electron chi connectivity index (χ3n) is 6.35. The topological polar surface area (TPSA) is 110 Å². The zero-order chi connectivity index (χ0) is 26.3. The third-order valence-corrected chi connectivity index (χ3v) is 7.53. The van der Waals surface area contributed by atoms with Crippen LogP contribution in [-0.2, 0) is 21.3 Å². The molecule has 1 fully saturated rings. The molecule has 2 unspecified atom stereocenters. The maximum Gasteiger partial charge on any atom is 0.416 e. The highest BCUT2D eigenvalue weighted by Crippen LogP contribution is 2.51. The van der Waals surface area contributed by atoms with Crippen LogP contribution in [0.3, 0.4) is 0 Å². The smallest absolute Gasteiger partial charge is 0.416 e. The number of methoxy groups -OCH3 is 1. The highest BCUT2D eigenvalue weighted by molar-refractivity contribution is 7.15. The second-order valence-electron chi connectivity index (χ2n) is 9.61. The van der Waals surface area contributed by atoms with Gasteiger partial charge in [0.15, 0.2) is 5.82 Å². The monoisotopic (exact) mass is 521 g/mol. The Kier molecular flexibility index (Phi) is 6.78. The van der Waals surface area contributed by atoms with E-state index in [0.29, 0.717) is 40.7 Å². The van der Waals surface area contributed by atoms with Gasteiger partial charge in [0.05, 0.1) is 23.5 Å². The molecule has 3 aromatic heterocycles. The molecule has 4 rings (SSSR count). The lowest BCUT2D eigenvalue weighted by Crippen LogP contribution is -2.45. The molecular weight excluding hydrogens is 495 g/mol. The zero-order valence-corrected chi connectivity index (χ0v) is 21.0. The Morgan fingerprint density at radius 2 is 1.97 bits per heavy atom. The van der Waals surface area contributed by atoms with Crippen molar-refractivity contribution in [3.63, 3.8) is 0 Å². The van der Waals surface area contributed by atoms with Gasteiger partial charge in [-0.25, -0.2) is 19.9 Å². The average Bonchev–Trinajstić information content (AvgIpc) is 3.29. The Labute approximate surface area is 210 Å². The summed E-state index contributed by atoms with van der Waals surface area (Å²) in [6.07, 6.45) is -0.702. The minimum atomic E-state index is -4.49. The normalized spacial score (nSPS) is 21.7. The van der Waals surface area contributed by atoms with Gasteiger partial charge in [-0.1, -0.05) is 13.8 Å². The number of carbonyl (C=O) groups excluding carboxylic acids is 1. The van der Waals surface area contributed by atoms with Gasteiger partial charge in [0.1, 0.15) is 22.2 Å². The van der Waals surface area contributed by atoms with E-state index in [1.54, 1.807) is 19.2 Å². The largest absolute Gasteiger partial charge is 0.469 e. The van der Waals surface area contributed by atoms with Crippen molar-refractivity contribution < 1.29 is 27.8 Å². The van der Waals surface area contributed by atoms with Crippen molar-refractivity contribution in [3.05, 3.63) is 46.9 Å². The minimum Gasteiger partial charge on any atom is -0.469 e. The van der Waals surface area contributed by atoms with Gasteiger partial charge < -0.3 is 15.2 Å². The number of aromatic nitrogens is 4. The lowest BCUT2D eigenvalue weighted by Gasteiger charge is -2.44. The Balaban J connectivity index is 1.58. The number of anilines is 2. The van der Waals surface area contributed by atoms with Gasteiger partial charge >= 0.3 is 12.1 Å². The molecule has 12 heteroatoms. The van der Waals surface area contributed by atoms with Gasteiger partial charge in [-0.15, -0.1) is 11.3 Å². The van der Waals surface area contributed by atoms with E-state index in [4.69, 9.17) is 4.74 Å². The molecule has 2 N–H and O–H groups in total. The van der Waals surface area contributed by atoms with Crippen LogP contribution in [0.5, 0.6) is 0 Å². The summed E-state index contributed by atoms with van der Waals surface area (Å²) in [5.74, 6) is -0.0134. The fourth-order valence-electron chi connectivity index (χ4n) is 4.64. The quantitative estimate of drug-likeness (QED) is 0.438. The summed E-state index contributed by atoms with van der Waals surface area (Å²) >= 11 is 1.24. The summed E-state index contributed by atoms with van der Waals surface area (Å²) in [4.78, 5) is 30.0. The summed E-state index contributed by atoms with van der Waals surface area (Å²) in [6.45, 7) is 5.59. The van der Waals surface area contributed by atoms with Crippen LogP contribution in [0.4, 0.5) is 24.8 Å². The Bertz CT molecular complexity index is 1280. The molecule has 0 saturated heterocycles. The first-order valence-electron chi connectivity index (χ1n) is 11.2. The number of aryl methyl sites for hydroxylation is 1. The highest BCUT2D eigenvalue weighted by Gasteiger charge is 2.49. The number of hydrogen-bond donors (Lipinski definition) is 2. The first kappa shape index (κ1) is 26.0. The first-order valence-corrected chi connectivity index (χ1v) is 12.1. The summed E-state index contributed by atoms with van der Waals surface area (Å²) in [7, 11) is 1.36. The molecule has 0 radical (unpaired) electrons. The van der Waals surface area contributed by atoms with Crippen LogP contribution in [0.2, 0.25) is 0 Å². The maximum atomic E-state index is 13.0. The maximum absolute atomic E-state index is 13.0. The van der Waals surface area contributed by atoms with Gasteiger partial charge in [-0.2, -0.15) is 13.2 Å². The number of carbonyl (C=O) groups is 1. The van der Waals surface area contributed by atoms with E-state index in [2.05, 4.69) is 25.3 Å². The van der Waals surface area contributed by atoms with Crippen molar-refractivity contribution in [2.45, 2.75) is 51.8 Å². The summed E-state index contributed by atoms with van der Waals surface area (Å²) in [5, 5.41) is 14.7. The summed E-state index contributed by atoms with van der Waals surface area (Å²) < 4.78 is 44.1. The number of thiazole rings is 1. The molecule has 1 aliphatic carbocycles. The Morgan fingerprint density at radius 3 is 2.64 bits per heavy atom. The molecular formula is C24H26F3N5O3S. The summed E-state index contributed by atoms with van der Waals surface area (Å²) in [6, 6.07) is 3.40. The number of nitrogens with zero attached hydrogens (tertiary/aromatic N) is 4. The lowest BCUT2D eigenvalue weighted by atomic mass is 9.63. The number of hydrogen-bond acceptors (Lipinski definition) is 9. The van der Waals surface area contributed by atoms with E-state index in [1.165, 1.54) is 18.4 Å². The van der Waals surface area contributed by atoms with Gasteiger partial charge in [0.2, 0.25) is 0 Å². The van der Waals surface area contributed by atoms with Crippen molar-refractivity contribution in [2.24, 2.45) is 11.3 Å². The van der Waals surface area contributed by atoms with E-state index in [0.717, 1.165) is 18.3 Å². The van der Waals surface area contributed by atoms with Crippen LogP contribution in [0.25, 0.3) is 10.7 Å². The molecule has 192 valence electrons. The Hall–Kier alpha value is -3.12. The zero-order valence-electron chi connectivity index (χ0n) is 20.2. The molecule has 0 bridgehead atoms. The SMILES string of the molecule is COC(=O)C1CCC(O)(c2ncc(-c3nc(C)cc(Nc4cc(C(F)(F)F)ccn4)n3)s2)CC1(C)C. The fourth-order valence-corrected chi connectivity index (χ4v) is 5.61. The van der Waals surface area contributed by atoms with Crippen molar-refractivity contribution in [2.75, 3.05) is 12.4 Å². The Morgan fingerprint density at radius 1 is 1.22 bits per heavy atom. The second kappa shape index (κ2) is 9.40. The second-order valence-corrected chi connectivity index (χ2v) is 10.6. The van der Waals surface area contributed by atoms with Crippen LogP contribution in [0.15, 0.2) is 30.6 Å². The molecule has 3 heterocycles. The van der Waals surface area contributed by atoms with Crippen molar-refractivity contribution in [3.8, 4) is 10.7 Å². The molecule has 36 heavy (non-hydrogen) atoms. The van der Waals surface area contributed by atoms with Gasteiger partial charge in [0.25, 0.3) is 0 Å². The fraction of sp³-hybridized carbons (Fsp3) is 0.458. The number of esters is 1. The molecule has 0 amide bonds. The standard InChI is InChI=1S/C24H26F3N5O3S/c1-13-9-18(31-17-10-14(6-8-28-17)24(25,26)27)32-19(30-13)16-11-29-21(36-16)23(34)7-5-15(20(33)35-4)22(2,3)12-23/h6,8-11,15,34H,5,7,12H2,1-4H3,(H,28,30,31,32). The van der Waals surface area contributed by atoms with E-state index in [-0.39, 0.29) is 23.5 Å². The van der Waals surface area contributed by atoms with Crippen LogP contribution < -0.4 is 5.32 Å². The minimum absolute atomic E-state index is 0.00206. The van der Waals surface area contributed by atoms with Crippen LogP contribution in [-0.4, -0.2) is 38.1 Å². The van der Waals surface area contributed by atoms with Crippen LogP contribution in [0, 0.1) is 18.3 Å². The molecule has 0 aliphatic heterocycles. The van der Waals surface area contributed by atoms with Crippen LogP contribution >= 0.6 is 11.3 Å². The number of pyridine rings is 1. The number of rotatable bonds is 5. The van der Waals surface area contributed by atoms with Crippen molar-refractivity contribution >= 4 is 28.9 Å². The van der Waals surface area contributed by atoms with E-state index in [1.807, 2.05) is 13.8 Å². The predicted molar refractivity (Wildman–Crippen MR) is 127 cm³/mol. The van der Waals surface area contributed by atoms with Gasteiger partial charge in [-0.3, -0.25) is 4.79 Å². The van der Waals surface area contributed by atoms with E-state index >= 15 is 0 Å². The number of halogens is 3. The molecule has 2 atom stereocenters. The average molecular weight is 522 g/mol. The van der Waals surface area contributed by atoms with Gasteiger partial charge in [0, 0.05) is 24.2 Å². The van der Waals surface area contributed by atoms with Crippen molar-refractivity contribution in [1.82, 2.24) is 19.9 Å². The number of ether oxygens (including phenoxy) is 1. The molecule has 1 saturated carbocycles. The number of nitrogens with one attached hydrogen (secondary N) is 1.